The van der Waals surface area contributed by atoms with E-state index in [4.69, 9.17) is 0 Å². The van der Waals surface area contributed by atoms with Gasteiger partial charge in [-0.2, -0.15) is 0 Å². The monoisotopic (exact) mass is 345 g/mol. The van der Waals surface area contributed by atoms with E-state index in [0.29, 0.717) is 12.1 Å². The molecule has 26 heavy (non-hydrogen) atoms. The quantitative estimate of drug-likeness (QED) is 0.790. The van der Waals surface area contributed by atoms with Gasteiger partial charge in [0.1, 0.15) is 0 Å². The van der Waals surface area contributed by atoms with E-state index >= 15 is 0 Å². The number of hydrogen-bond acceptors (Lipinski definition) is 2. The van der Waals surface area contributed by atoms with Crippen molar-refractivity contribution in [3.8, 4) is 5.69 Å². The third-order valence-corrected chi connectivity index (χ3v) is 4.60. The largest absolute Gasteiger partial charge is 0.343 e. The van der Waals surface area contributed by atoms with Crippen molar-refractivity contribution in [2.45, 2.75) is 6.42 Å². The lowest BCUT2D eigenvalue weighted by Crippen LogP contribution is -2.39. The van der Waals surface area contributed by atoms with Gasteiger partial charge < -0.3 is 14.8 Å². The Hall–Kier alpha value is -3.34. The van der Waals surface area contributed by atoms with Crippen molar-refractivity contribution in [3.63, 3.8) is 0 Å². The maximum atomic E-state index is 12.5. The summed E-state index contributed by atoms with van der Waals surface area (Å²) in [5, 5.41) is 2.74. The van der Waals surface area contributed by atoms with Crippen molar-refractivity contribution >= 4 is 17.5 Å². The van der Waals surface area contributed by atoms with Crippen molar-refractivity contribution in [1.82, 2.24) is 9.88 Å². The van der Waals surface area contributed by atoms with Gasteiger partial charge >= 0.3 is 0 Å². The highest BCUT2D eigenvalue weighted by Crippen LogP contribution is 2.27. The molecule has 4 rings (SSSR count). The second-order valence-electron chi connectivity index (χ2n) is 6.25. The molecule has 3 aromatic rings. The minimum atomic E-state index is -0.250. The summed E-state index contributed by atoms with van der Waals surface area (Å²) in [5.74, 6) is -0.343. The number of carbonyl (C=O) groups is 2. The maximum Gasteiger partial charge on any atom is 0.251 e. The van der Waals surface area contributed by atoms with Crippen LogP contribution in [0.2, 0.25) is 0 Å². The first kappa shape index (κ1) is 16.1. The maximum absolute atomic E-state index is 12.5. The van der Waals surface area contributed by atoms with Crippen LogP contribution in [0.15, 0.2) is 73.1 Å². The Morgan fingerprint density at radius 1 is 0.962 bits per heavy atom. The number of carbonyl (C=O) groups excluding carboxylic acids is 2. The van der Waals surface area contributed by atoms with Crippen molar-refractivity contribution in [1.29, 1.82) is 0 Å². The molecule has 130 valence electrons. The minimum absolute atomic E-state index is 0.0130. The Balaban J connectivity index is 1.42. The summed E-state index contributed by atoms with van der Waals surface area (Å²) in [7, 11) is 0. The average molecular weight is 345 g/mol. The van der Waals surface area contributed by atoms with E-state index in [1.807, 2.05) is 71.6 Å². The van der Waals surface area contributed by atoms with Gasteiger partial charge in [-0.3, -0.25) is 9.59 Å². The molecule has 0 saturated heterocycles. The van der Waals surface area contributed by atoms with Crippen molar-refractivity contribution in [3.05, 3.63) is 84.2 Å². The number of nitrogens with one attached hydrogen (secondary N) is 1. The van der Waals surface area contributed by atoms with E-state index in [-0.39, 0.29) is 18.4 Å². The smallest absolute Gasteiger partial charge is 0.251 e. The SMILES string of the molecule is O=C(NCC(=O)N1CCc2ccccc21)c1cccc(-n2cccc2)c1. The lowest BCUT2D eigenvalue weighted by Gasteiger charge is -2.17. The molecular formula is C21H19N3O2. The summed E-state index contributed by atoms with van der Waals surface area (Å²) in [4.78, 5) is 26.7. The van der Waals surface area contributed by atoms with E-state index in [1.54, 1.807) is 11.0 Å². The van der Waals surface area contributed by atoms with Crippen LogP contribution in [0.25, 0.3) is 5.69 Å². The van der Waals surface area contributed by atoms with Crippen molar-refractivity contribution in [2.24, 2.45) is 0 Å². The summed E-state index contributed by atoms with van der Waals surface area (Å²) in [6.07, 6.45) is 4.70. The van der Waals surface area contributed by atoms with Crippen LogP contribution >= 0.6 is 0 Å². The van der Waals surface area contributed by atoms with Crippen molar-refractivity contribution < 1.29 is 9.59 Å². The number of fused-ring (bicyclic) bond motifs is 1. The number of aromatic nitrogens is 1. The minimum Gasteiger partial charge on any atom is -0.343 e. The molecule has 2 aromatic carbocycles. The van der Waals surface area contributed by atoms with E-state index in [9.17, 15) is 9.59 Å². The number of anilines is 1. The molecule has 0 atom stereocenters. The Morgan fingerprint density at radius 3 is 2.62 bits per heavy atom. The van der Waals surface area contributed by atoms with Gasteiger partial charge in [0.2, 0.25) is 5.91 Å². The molecule has 0 aliphatic carbocycles. The molecular weight excluding hydrogens is 326 g/mol. The predicted octanol–water partition coefficient (Wildman–Crippen LogP) is 2.80. The number of rotatable bonds is 4. The van der Waals surface area contributed by atoms with Gasteiger partial charge in [0.25, 0.3) is 5.91 Å². The molecule has 0 radical (unpaired) electrons. The molecule has 1 aromatic heterocycles. The summed E-state index contributed by atoms with van der Waals surface area (Å²) < 4.78 is 1.93. The first-order chi connectivity index (χ1) is 12.7. The third kappa shape index (κ3) is 3.11. The van der Waals surface area contributed by atoms with Gasteiger partial charge in [-0.05, 0) is 48.4 Å². The van der Waals surface area contributed by atoms with Gasteiger partial charge in [-0.1, -0.05) is 24.3 Å². The topological polar surface area (TPSA) is 54.3 Å². The molecule has 5 heteroatoms. The number of benzene rings is 2. The van der Waals surface area contributed by atoms with E-state index in [1.165, 1.54) is 5.56 Å². The van der Waals surface area contributed by atoms with E-state index in [2.05, 4.69) is 5.32 Å². The normalized spacial score (nSPS) is 12.7. The van der Waals surface area contributed by atoms with Crippen LogP contribution in [0, 0.1) is 0 Å². The Morgan fingerprint density at radius 2 is 1.77 bits per heavy atom. The van der Waals surface area contributed by atoms with Gasteiger partial charge in [0.15, 0.2) is 0 Å². The van der Waals surface area contributed by atoms with E-state index < -0.39 is 0 Å². The number of amides is 2. The van der Waals surface area contributed by atoms with Crippen LogP contribution < -0.4 is 10.2 Å². The lowest BCUT2D eigenvalue weighted by molar-refractivity contribution is -0.117. The second kappa shape index (κ2) is 6.88. The standard InChI is InChI=1S/C21H19N3O2/c25-20(24-13-10-16-6-1-2-9-19(16)24)15-22-21(26)17-7-5-8-18(14-17)23-11-3-4-12-23/h1-9,11-12,14H,10,13,15H2,(H,22,26). The van der Waals surface area contributed by atoms with Crippen LogP contribution in [0.1, 0.15) is 15.9 Å². The molecule has 0 fully saturated rings. The van der Waals surface area contributed by atoms with E-state index in [0.717, 1.165) is 17.8 Å². The third-order valence-electron chi connectivity index (χ3n) is 4.60. The van der Waals surface area contributed by atoms with Crippen LogP contribution in [-0.2, 0) is 11.2 Å². The first-order valence-electron chi connectivity index (χ1n) is 8.62. The number of hydrogen-bond donors (Lipinski definition) is 1. The molecule has 0 spiro atoms. The average Bonchev–Trinajstić information content (AvgIpc) is 3.36. The fraction of sp³-hybridized carbons (Fsp3) is 0.143. The second-order valence-corrected chi connectivity index (χ2v) is 6.25. The highest BCUT2D eigenvalue weighted by molar-refractivity contribution is 6.01. The summed E-state index contributed by atoms with van der Waals surface area (Å²) in [6, 6.07) is 19.1. The molecule has 1 aliphatic heterocycles. The molecule has 0 saturated carbocycles. The van der Waals surface area contributed by atoms with Crippen molar-refractivity contribution in [2.75, 3.05) is 18.0 Å². The molecule has 5 nitrogen and oxygen atoms in total. The zero-order chi connectivity index (χ0) is 17.9. The van der Waals surface area contributed by atoms with Gasteiger partial charge in [-0.15, -0.1) is 0 Å². The zero-order valence-corrected chi connectivity index (χ0v) is 14.3. The Bertz CT molecular complexity index is 947. The number of nitrogens with zero attached hydrogens (tertiary/aromatic N) is 2. The zero-order valence-electron chi connectivity index (χ0n) is 14.3. The van der Waals surface area contributed by atoms with Crippen LogP contribution in [0.3, 0.4) is 0 Å². The van der Waals surface area contributed by atoms with Gasteiger partial charge in [-0.25, -0.2) is 0 Å². The molecule has 0 unspecified atom stereocenters. The highest BCUT2D eigenvalue weighted by atomic mass is 16.2. The molecule has 1 N–H and O–H groups in total. The Kier molecular flexibility index (Phi) is 4.27. The molecule has 2 amide bonds. The highest BCUT2D eigenvalue weighted by Gasteiger charge is 2.24. The van der Waals surface area contributed by atoms with Gasteiger partial charge in [0, 0.05) is 35.9 Å². The molecule has 0 bridgehead atoms. The van der Waals surface area contributed by atoms with Crippen LogP contribution in [-0.4, -0.2) is 29.5 Å². The fourth-order valence-electron chi connectivity index (χ4n) is 3.27. The first-order valence-corrected chi connectivity index (χ1v) is 8.62. The van der Waals surface area contributed by atoms with Crippen LogP contribution in [0.4, 0.5) is 5.69 Å². The predicted molar refractivity (Wildman–Crippen MR) is 101 cm³/mol. The molecule has 1 aliphatic rings. The summed E-state index contributed by atoms with van der Waals surface area (Å²) in [6.45, 7) is 0.651. The van der Waals surface area contributed by atoms with Crippen LogP contribution in [0.5, 0.6) is 0 Å². The Labute approximate surface area is 151 Å². The summed E-state index contributed by atoms with van der Waals surface area (Å²) in [5.41, 5.74) is 3.56. The molecule has 2 heterocycles. The summed E-state index contributed by atoms with van der Waals surface area (Å²) >= 11 is 0. The fourth-order valence-corrected chi connectivity index (χ4v) is 3.27. The number of para-hydroxylation sites is 1. The lowest BCUT2D eigenvalue weighted by atomic mass is 10.2. The van der Waals surface area contributed by atoms with Gasteiger partial charge in [0.05, 0.1) is 6.54 Å².